The highest BCUT2D eigenvalue weighted by molar-refractivity contribution is 5.97. The van der Waals surface area contributed by atoms with Gasteiger partial charge in [-0.3, -0.25) is 9.36 Å². The average molecular weight is 454 g/mol. The molecule has 0 aliphatic heterocycles. The van der Waals surface area contributed by atoms with Crippen LogP contribution in [-0.2, 0) is 0 Å². The molecule has 0 bridgehead atoms. The van der Waals surface area contributed by atoms with E-state index in [1.54, 1.807) is 24.5 Å². The first-order valence-corrected chi connectivity index (χ1v) is 11.0. The predicted octanol–water partition coefficient (Wildman–Crippen LogP) is 5.52. The highest BCUT2D eigenvalue weighted by Gasteiger charge is 2.17. The lowest BCUT2D eigenvalue weighted by Crippen LogP contribution is -2.11. The van der Waals surface area contributed by atoms with Crippen LogP contribution in [0.2, 0.25) is 0 Å². The van der Waals surface area contributed by atoms with Crippen molar-refractivity contribution in [1.29, 1.82) is 5.26 Å². The molecule has 0 saturated carbocycles. The monoisotopic (exact) mass is 453 g/mol. The number of benzene rings is 1. The van der Waals surface area contributed by atoms with Crippen molar-refractivity contribution < 1.29 is 4.79 Å². The van der Waals surface area contributed by atoms with E-state index in [0.717, 1.165) is 22.4 Å². The molecule has 0 aliphatic carbocycles. The van der Waals surface area contributed by atoms with Gasteiger partial charge in [0.2, 0.25) is 0 Å². The van der Waals surface area contributed by atoms with E-state index in [1.165, 1.54) is 11.6 Å². The summed E-state index contributed by atoms with van der Waals surface area (Å²) >= 11 is 0. The van der Waals surface area contributed by atoms with Crippen molar-refractivity contribution in [2.75, 3.05) is 5.32 Å². The molecular formula is C26H27N7O. The number of nitrogens with zero attached hydrogens (tertiary/aromatic N) is 6. The molecule has 34 heavy (non-hydrogen) atoms. The fourth-order valence-corrected chi connectivity index (χ4v) is 3.45. The van der Waals surface area contributed by atoms with E-state index in [1.807, 2.05) is 68.7 Å². The number of allylic oxidation sites excluding steroid dienone is 2. The second-order valence-corrected chi connectivity index (χ2v) is 7.26. The molecule has 1 N–H and O–H groups in total. The Labute approximate surface area is 198 Å². The van der Waals surface area contributed by atoms with Gasteiger partial charge >= 0.3 is 0 Å². The summed E-state index contributed by atoms with van der Waals surface area (Å²) in [5.41, 5.74) is 4.69. The maximum atomic E-state index is 12.2. The number of aryl methyl sites for hydroxylation is 1. The summed E-state index contributed by atoms with van der Waals surface area (Å²) in [4.78, 5) is 21.4. The normalized spacial score (nSPS) is 10.6. The van der Waals surface area contributed by atoms with Crippen LogP contribution in [0.5, 0.6) is 0 Å². The van der Waals surface area contributed by atoms with Crippen LogP contribution >= 0.6 is 0 Å². The van der Waals surface area contributed by atoms with Gasteiger partial charge in [-0.25, -0.2) is 14.6 Å². The van der Waals surface area contributed by atoms with E-state index < -0.39 is 0 Å². The van der Waals surface area contributed by atoms with E-state index in [4.69, 9.17) is 4.98 Å². The minimum absolute atomic E-state index is 0.139. The Hall–Kier alpha value is -4.51. The minimum Gasteiger partial charge on any atom is -0.356 e. The van der Waals surface area contributed by atoms with Crippen molar-refractivity contribution in [3.63, 3.8) is 0 Å². The quantitative estimate of drug-likeness (QED) is 0.305. The Balaban J connectivity index is 0.00000158. The number of rotatable bonds is 6. The van der Waals surface area contributed by atoms with Crippen LogP contribution in [0, 0.1) is 18.3 Å². The number of carbonyl (C=O) groups excluding carboxylic acids is 1. The number of ketones is 1. The first-order chi connectivity index (χ1) is 16.4. The second kappa shape index (κ2) is 10.4. The first-order valence-electron chi connectivity index (χ1n) is 11.0. The van der Waals surface area contributed by atoms with E-state index in [0.29, 0.717) is 22.9 Å². The molecule has 4 rings (SSSR count). The zero-order valence-corrected chi connectivity index (χ0v) is 20.0. The van der Waals surface area contributed by atoms with Crippen molar-refractivity contribution in [2.45, 2.75) is 34.6 Å². The lowest BCUT2D eigenvalue weighted by Gasteiger charge is -2.12. The number of hydrogen-bond acceptors (Lipinski definition) is 6. The highest BCUT2D eigenvalue weighted by atomic mass is 16.1. The average Bonchev–Trinajstić information content (AvgIpc) is 3.43. The van der Waals surface area contributed by atoms with E-state index in [2.05, 4.69) is 22.0 Å². The number of anilines is 1. The number of carbonyl (C=O) groups is 1. The Bertz CT molecular complexity index is 1430. The molecule has 4 aromatic rings. The third kappa shape index (κ3) is 4.79. The predicted molar refractivity (Wildman–Crippen MR) is 134 cm³/mol. The summed E-state index contributed by atoms with van der Waals surface area (Å²) < 4.78 is 3.37. The highest BCUT2D eigenvalue weighted by Crippen LogP contribution is 2.24. The van der Waals surface area contributed by atoms with Gasteiger partial charge in [0.1, 0.15) is 18.2 Å². The van der Waals surface area contributed by atoms with Gasteiger partial charge in [-0.15, -0.1) is 0 Å². The lowest BCUT2D eigenvalue weighted by atomic mass is 10.2. The van der Waals surface area contributed by atoms with Crippen LogP contribution in [0.15, 0.2) is 67.2 Å². The third-order valence-electron chi connectivity index (χ3n) is 4.91. The van der Waals surface area contributed by atoms with Gasteiger partial charge in [0.25, 0.3) is 0 Å². The number of nitriles is 1. The summed E-state index contributed by atoms with van der Waals surface area (Å²) in [6.07, 6.45) is 5.49. The number of nitrogens with one attached hydrogen (secondary N) is 1. The van der Waals surface area contributed by atoms with Gasteiger partial charge in [-0.2, -0.15) is 10.4 Å². The lowest BCUT2D eigenvalue weighted by molar-refractivity contribution is 0.101. The molecule has 3 aromatic heterocycles. The summed E-state index contributed by atoms with van der Waals surface area (Å²) in [6, 6.07) is 13.0. The summed E-state index contributed by atoms with van der Waals surface area (Å²) in [6.45, 7) is 13.2. The van der Waals surface area contributed by atoms with Gasteiger partial charge in [-0.1, -0.05) is 26.5 Å². The molecule has 1 aromatic carbocycles. The molecule has 0 saturated heterocycles. The Morgan fingerprint density at radius 3 is 2.62 bits per heavy atom. The fourth-order valence-electron chi connectivity index (χ4n) is 3.45. The first kappa shape index (κ1) is 24.1. The Morgan fingerprint density at radius 2 is 1.97 bits per heavy atom. The molecule has 8 nitrogen and oxygen atoms in total. The number of hydrogen-bond donors (Lipinski definition) is 1. The number of imidazole rings is 1. The molecular weight excluding hydrogens is 426 g/mol. The molecule has 0 spiro atoms. The number of pyridine rings is 1. The van der Waals surface area contributed by atoms with Crippen LogP contribution in [0.3, 0.4) is 0 Å². The van der Waals surface area contributed by atoms with Crippen molar-refractivity contribution in [3.8, 4) is 17.7 Å². The summed E-state index contributed by atoms with van der Waals surface area (Å²) in [7, 11) is 0. The zero-order valence-electron chi connectivity index (χ0n) is 20.0. The maximum absolute atomic E-state index is 12.2. The van der Waals surface area contributed by atoms with Gasteiger partial charge in [0.15, 0.2) is 17.3 Å². The zero-order chi connectivity index (χ0) is 24.8. The molecule has 0 atom stereocenters. The molecule has 3 heterocycles. The van der Waals surface area contributed by atoms with Crippen LogP contribution in [0.4, 0.5) is 5.69 Å². The molecule has 8 heteroatoms. The van der Waals surface area contributed by atoms with Gasteiger partial charge in [-0.05, 0) is 63.2 Å². The van der Waals surface area contributed by atoms with Gasteiger partial charge in [0.05, 0.1) is 16.6 Å². The number of Topliss-reactive ketones (excluding diaryl/α,β-unsaturated/α-hetero) is 1. The van der Waals surface area contributed by atoms with Gasteiger partial charge < -0.3 is 5.32 Å². The fraction of sp³-hybridized carbons (Fsp3) is 0.192. The molecule has 0 unspecified atom stereocenters. The van der Waals surface area contributed by atoms with Crippen LogP contribution in [0.25, 0.3) is 22.7 Å². The molecule has 0 radical (unpaired) electrons. The Kier molecular flexibility index (Phi) is 7.39. The maximum Gasteiger partial charge on any atom is 0.166 e. The molecule has 0 fully saturated rings. The van der Waals surface area contributed by atoms with E-state index in [9.17, 15) is 10.1 Å². The molecule has 0 aliphatic rings. The molecule has 0 amide bonds. The standard InChI is InChI=1S/C24H21N7O.C2H6/c1-5-6-15(2)27-18-7-9-22-21(12-18)26-14-30(22)23-10-8-20(17(4)32)24(28-23)31-16(3)11-19(13-25)29-31;1-2/h5-12,14,27H,2H2,1,3-4H3;1-2H3/b6-5-;. The van der Waals surface area contributed by atoms with E-state index >= 15 is 0 Å². The van der Waals surface area contributed by atoms with Crippen molar-refractivity contribution in [2.24, 2.45) is 0 Å². The van der Waals surface area contributed by atoms with E-state index in [-0.39, 0.29) is 11.5 Å². The smallest absolute Gasteiger partial charge is 0.166 e. The SMILES string of the molecule is C=C(/C=C\C)Nc1ccc2c(c1)ncn2-c1ccc(C(C)=O)c(-n2nc(C#N)cc2C)n1.CC. The minimum atomic E-state index is -0.139. The van der Waals surface area contributed by atoms with Crippen molar-refractivity contribution >= 4 is 22.5 Å². The second-order valence-electron chi connectivity index (χ2n) is 7.26. The van der Waals surface area contributed by atoms with Crippen LogP contribution < -0.4 is 5.32 Å². The largest absolute Gasteiger partial charge is 0.356 e. The van der Waals surface area contributed by atoms with Crippen LogP contribution in [-0.4, -0.2) is 30.1 Å². The molecule has 172 valence electrons. The number of fused-ring (bicyclic) bond motifs is 1. The topological polar surface area (TPSA) is 101 Å². The Morgan fingerprint density at radius 1 is 1.21 bits per heavy atom. The summed E-state index contributed by atoms with van der Waals surface area (Å²) in [5, 5.41) is 16.7. The van der Waals surface area contributed by atoms with Crippen LogP contribution in [0.1, 0.15) is 49.4 Å². The third-order valence-corrected chi connectivity index (χ3v) is 4.91. The van der Waals surface area contributed by atoms with Crippen molar-refractivity contribution in [1.82, 2.24) is 24.3 Å². The number of aromatic nitrogens is 5. The summed E-state index contributed by atoms with van der Waals surface area (Å²) in [5.74, 6) is 0.816. The van der Waals surface area contributed by atoms with Gasteiger partial charge in [0, 0.05) is 17.1 Å². The van der Waals surface area contributed by atoms with Crippen molar-refractivity contribution in [3.05, 3.63) is 84.1 Å².